The zero-order valence-corrected chi connectivity index (χ0v) is 12.0. The van der Waals surface area contributed by atoms with Gasteiger partial charge in [0.15, 0.2) is 0 Å². The molecular weight excluding hydrogens is 264 g/mol. The Morgan fingerprint density at radius 2 is 2.05 bits per heavy atom. The zero-order valence-electron chi connectivity index (χ0n) is 12.0. The number of carbonyl (C=O) groups excluding carboxylic acids is 1. The van der Waals surface area contributed by atoms with E-state index in [-0.39, 0.29) is 12.3 Å². The van der Waals surface area contributed by atoms with E-state index in [9.17, 15) is 4.79 Å². The Morgan fingerprint density at radius 1 is 1.29 bits per heavy atom. The van der Waals surface area contributed by atoms with Crippen molar-refractivity contribution < 1.29 is 9.53 Å². The lowest BCUT2D eigenvalue weighted by atomic mass is 10.1. The Labute approximate surface area is 124 Å². The number of hydrogen-bond donors (Lipinski definition) is 1. The normalized spacial score (nSPS) is 9.76. The van der Waals surface area contributed by atoms with E-state index in [1.54, 1.807) is 19.2 Å². The van der Waals surface area contributed by atoms with Gasteiger partial charge < -0.3 is 10.1 Å². The van der Waals surface area contributed by atoms with E-state index in [0.29, 0.717) is 17.0 Å². The van der Waals surface area contributed by atoms with E-state index in [1.807, 2.05) is 37.3 Å². The lowest BCUT2D eigenvalue weighted by Gasteiger charge is -2.10. The Hall–Kier alpha value is -2.80. The number of ether oxygens (including phenoxy) is 1. The predicted molar refractivity (Wildman–Crippen MR) is 81.2 cm³/mol. The second kappa shape index (κ2) is 6.58. The average Bonchev–Trinajstić information content (AvgIpc) is 2.50. The fraction of sp³-hybridized carbons (Fsp3) is 0.176. The van der Waals surface area contributed by atoms with E-state index in [1.165, 1.54) is 0 Å². The van der Waals surface area contributed by atoms with Crippen LogP contribution >= 0.6 is 0 Å². The smallest absolute Gasteiger partial charge is 0.228 e. The molecule has 0 aliphatic carbocycles. The molecule has 0 aliphatic rings. The van der Waals surface area contributed by atoms with Gasteiger partial charge in [-0.3, -0.25) is 4.79 Å². The van der Waals surface area contributed by atoms with Gasteiger partial charge in [-0.25, -0.2) is 0 Å². The largest absolute Gasteiger partial charge is 0.496 e. The first kappa shape index (κ1) is 14.6. The standard InChI is InChI=1S/C17H16N2O2/c1-12-7-8-13(11-18)9-15(12)19-17(20)10-14-5-3-4-6-16(14)21-2/h3-9H,10H2,1-2H3,(H,19,20). The maximum absolute atomic E-state index is 12.2. The van der Waals surface area contributed by atoms with Crippen LogP contribution in [0.4, 0.5) is 5.69 Å². The number of aryl methyl sites for hydroxylation is 1. The van der Waals surface area contributed by atoms with Crippen molar-refractivity contribution in [1.29, 1.82) is 5.26 Å². The lowest BCUT2D eigenvalue weighted by molar-refractivity contribution is -0.115. The Balaban J connectivity index is 2.14. The summed E-state index contributed by atoms with van der Waals surface area (Å²) in [4.78, 5) is 12.2. The number of methoxy groups -OCH3 is 1. The van der Waals surface area contributed by atoms with E-state index >= 15 is 0 Å². The summed E-state index contributed by atoms with van der Waals surface area (Å²) in [6.07, 6.45) is 0.222. The molecule has 21 heavy (non-hydrogen) atoms. The van der Waals surface area contributed by atoms with Crippen molar-refractivity contribution in [3.8, 4) is 11.8 Å². The number of carbonyl (C=O) groups is 1. The third kappa shape index (κ3) is 3.61. The fourth-order valence-electron chi connectivity index (χ4n) is 2.04. The van der Waals surface area contributed by atoms with E-state index in [0.717, 1.165) is 11.1 Å². The van der Waals surface area contributed by atoms with E-state index in [2.05, 4.69) is 11.4 Å². The van der Waals surface area contributed by atoms with Gasteiger partial charge in [0.05, 0.1) is 25.2 Å². The number of anilines is 1. The molecule has 106 valence electrons. The van der Waals surface area contributed by atoms with Crippen molar-refractivity contribution in [2.24, 2.45) is 0 Å². The topological polar surface area (TPSA) is 62.1 Å². The summed E-state index contributed by atoms with van der Waals surface area (Å²) in [6.45, 7) is 1.89. The predicted octanol–water partition coefficient (Wildman–Crippen LogP) is 3.06. The number of nitrogens with one attached hydrogen (secondary N) is 1. The highest BCUT2D eigenvalue weighted by Gasteiger charge is 2.10. The maximum Gasteiger partial charge on any atom is 0.228 e. The lowest BCUT2D eigenvalue weighted by Crippen LogP contribution is -2.15. The minimum atomic E-state index is -0.141. The number of rotatable bonds is 4. The van der Waals surface area contributed by atoms with Crippen molar-refractivity contribution in [2.75, 3.05) is 12.4 Å². The van der Waals surface area contributed by atoms with Crippen LogP contribution in [0.2, 0.25) is 0 Å². The summed E-state index contributed by atoms with van der Waals surface area (Å²) >= 11 is 0. The van der Waals surface area contributed by atoms with Gasteiger partial charge in [0.1, 0.15) is 5.75 Å². The van der Waals surface area contributed by atoms with Gasteiger partial charge in [-0.05, 0) is 30.7 Å². The minimum Gasteiger partial charge on any atom is -0.496 e. The van der Waals surface area contributed by atoms with Crippen molar-refractivity contribution in [1.82, 2.24) is 0 Å². The molecular formula is C17H16N2O2. The molecule has 0 heterocycles. The molecule has 0 aliphatic heterocycles. The molecule has 0 saturated carbocycles. The third-order valence-corrected chi connectivity index (χ3v) is 3.18. The third-order valence-electron chi connectivity index (χ3n) is 3.18. The van der Waals surface area contributed by atoms with E-state index < -0.39 is 0 Å². The summed E-state index contributed by atoms with van der Waals surface area (Å²) in [7, 11) is 1.58. The van der Waals surface area contributed by atoms with Crippen LogP contribution in [0.5, 0.6) is 5.75 Å². The maximum atomic E-state index is 12.2. The molecule has 0 unspecified atom stereocenters. The quantitative estimate of drug-likeness (QED) is 0.936. The molecule has 1 amide bonds. The number of nitriles is 1. The molecule has 0 saturated heterocycles. The van der Waals surface area contributed by atoms with Crippen LogP contribution in [0.25, 0.3) is 0 Å². The van der Waals surface area contributed by atoms with Crippen LogP contribution in [0.1, 0.15) is 16.7 Å². The first-order valence-electron chi connectivity index (χ1n) is 6.56. The first-order chi connectivity index (χ1) is 10.1. The molecule has 2 aromatic carbocycles. The van der Waals surface area contributed by atoms with Crippen LogP contribution < -0.4 is 10.1 Å². The molecule has 0 aromatic heterocycles. The summed E-state index contributed by atoms with van der Waals surface area (Å²) < 4.78 is 5.23. The molecule has 4 nitrogen and oxygen atoms in total. The molecule has 0 bridgehead atoms. The summed E-state index contributed by atoms with van der Waals surface area (Å²) in [5.74, 6) is 0.549. The zero-order chi connectivity index (χ0) is 15.2. The van der Waals surface area contributed by atoms with Gasteiger partial charge in [-0.1, -0.05) is 24.3 Å². The van der Waals surface area contributed by atoms with Gasteiger partial charge >= 0.3 is 0 Å². The van der Waals surface area contributed by atoms with Gasteiger partial charge in [0, 0.05) is 11.3 Å². The minimum absolute atomic E-state index is 0.141. The Kier molecular flexibility index (Phi) is 4.57. The number of amides is 1. The fourth-order valence-corrected chi connectivity index (χ4v) is 2.04. The van der Waals surface area contributed by atoms with Crippen LogP contribution in [0, 0.1) is 18.3 Å². The van der Waals surface area contributed by atoms with Gasteiger partial charge in [-0.2, -0.15) is 5.26 Å². The van der Waals surface area contributed by atoms with Crippen LogP contribution in [-0.2, 0) is 11.2 Å². The summed E-state index contributed by atoms with van der Waals surface area (Å²) in [5, 5.41) is 11.8. The Morgan fingerprint density at radius 3 is 2.76 bits per heavy atom. The molecule has 2 aromatic rings. The number of hydrogen-bond acceptors (Lipinski definition) is 3. The number of para-hydroxylation sites is 1. The molecule has 2 rings (SSSR count). The van der Waals surface area contributed by atoms with Crippen LogP contribution in [-0.4, -0.2) is 13.0 Å². The Bertz CT molecular complexity index is 702. The highest BCUT2D eigenvalue weighted by Crippen LogP contribution is 2.20. The van der Waals surface area contributed by atoms with Crippen LogP contribution in [0.15, 0.2) is 42.5 Å². The number of nitrogens with zero attached hydrogens (tertiary/aromatic N) is 1. The molecule has 4 heteroatoms. The van der Waals surface area contributed by atoms with Crippen molar-refractivity contribution in [3.63, 3.8) is 0 Å². The first-order valence-corrected chi connectivity index (χ1v) is 6.56. The van der Waals surface area contributed by atoms with E-state index in [4.69, 9.17) is 10.00 Å². The molecule has 1 N–H and O–H groups in total. The SMILES string of the molecule is COc1ccccc1CC(=O)Nc1cc(C#N)ccc1C. The van der Waals surface area contributed by atoms with Gasteiger partial charge in [0.25, 0.3) is 0 Å². The molecule has 0 radical (unpaired) electrons. The summed E-state index contributed by atoms with van der Waals surface area (Å²) in [5.41, 5.74) is 2.93. The second-order valence-electron chi connectivity index (χ2n) is 4.68. The van der Waals surface area contributed by atoms with Crippen LogP contribution in [0.3, 0.4) is 0 Å². The molecule has 0 atom stereocenters. The van der Waals surface area contributed by atoms with Crippen molar-refractivity contribution in [2.45, 2.75) is 13.3 Å². The highest BCUT2D eigenvalue weighted by atomic mass is 16.5. The average molecular weight is 280 g/mol. The van der Waals surface area contributed by atoms with Gasteiger partial charge in [-0.15, -0.1) is 0 Å². The monoisotopic (exact) mass is 280 g/mol. The molecule has 0 spiro atoms. The molecule has 0 fully saturated rings. The van der Waals surface area contributed by atoms with Gasteiger partial charge in [0.2, 0.25) is 5.91 Å². The van der Waals surface area contributed by atoms with Crippen molar-refractivity contribution >= 4 is 11.6 Å². The summed E-state index contributed by atoms with van der Waals surface area (Å²) in [6, 6.07) is 14.7. The highest BCUT2D eigenvalue weighted by molar-refractivity contribution is 5.93. The van der Waals surface area contributed by atoms with Crippen molar-refractivity contribution in [3.05, 3.63) is 59.2 Å². The second-order valence-corrected chi connectivity index (χ2v) is 4.68. The number of benzene rings is 2.